The van der Waals surface area contributed by atoms with Crippen LogP contribution in [-0.4, -0.2) is 20.4 Å². The van der Waals surface area contributed by atoms with Crippen LogP contribution in [0.3, 0.4) is 0 Å². The van der Waals surface area contributed by atoms with Crippen LogP contribution in [0.2, 0.25) is 5.02 Å². The molecule has 0 fully saturated rings. The predicted molar refractivity (Wildman–Crippen MR) is 84.0 cm³/mol. The molecular formula is C14H16ClN3O2S. The highest BCUT2D eigenvalue weighted by Crippen LogP contribution is 2.23. The Labute approximate surface area is 129 Å². The van der Waals surface area contributed by atoms with Gasteiger partial charge >= 0.3 is 0 Å². The first kappa shape index (κ1) is 15.8. The molecule has 0 aliphatic carbocycles. The molecule has 0 amide bonds. The number of halogens is 1. The third-order valence-electron chi connectivity index (χ3n) is 3.09. The third kappa shape index (κ3) is 3.72. The lowest BCUT2D eigenvalue weighted by Gasteiger charge is -2.13. The highest BCUT2D eigenvalue weighted by molar-refractivity contribution is 7.92. The first-order chi connectivity index (χ1) is 9.94. The fraction of sp³-hybridized carbons (Fsp3) is 0.214. The normalized spacial score (nSPS) is 12.9. The number of pyridine rings is 1. The molecular weight excluding hydrogens is 310 g/mol. The molecule has 2 rings (SSSR count). The van der Waals surface area contributed by atoms with Crippen LogP contribution >= 0.6 is 11.6 Å². The van der Waals surface area contributed by atoms with E-state index in [1.807, 2.05) is 20.0 Å². The Balaban J connectivity index is 2.34. The highest BCUT2D eigenvalue weighted by Gasteiger charge is 2.17. The minimum absolute atomic E-state index is 0.0542. The summed E-state index contributed by atoms with van der Waals surface area (Å²) in [5, 5.41) is 3.32. The largest absolute Gasteiger partial charge is 0.313 e. The zero-order valence-electron chi connectivity index (χ0n) is 11.7. The summed E-state index contributed by atoms with van der Waals surface area (Å²) in [6.07, 6.45) is 1.48. The highest BCUT2D eigenvalue weighted by atomic mass is 35.5. The monoisotopic (exact) mass is 325 g/mol. The lowest BCUT2D eigenvalue weighted by molar-refractivity contribution is 0.600. The second kappa shape index (κ2) is 6.43. The van der Waals surface area contributed by atoms with Crippen molar-refractivity contribution in [3.8, 4) is 0 Å². The summed E-state index contributed by atoms with van der Waals surface area (Å²) in [5.74, 6) is 0.117. The number of anilines is 1. The maximum atomic E-state index is 12.4. The summed E-state index contributed by atoms with van der Waals surface area (Å²) in [7, 11) is -1.91. The molecule has 2 aromatic rings. The van der Waals surface area contributed by atoms with E-state index in [2.05, 4.69) is 15.0 Å². The maximum absolute atomic E-state index is 12.4. The van der Waals surface area contributed by atoms with Gasteiger partial charge < -0.3 is 5.32 Å². The second-order valence-corrected chi connectivity index (χ2v) is 6.61. The zero-order chi connectivity index (χ0) is 15.5. The predicted octanol–water partition coefficient (Wildman–Crippen LogP) is 2.82. The number of benzene rings is 1. The van der Waals surface area contributed by atoms with Crippen LogP contribution in [0, 0.1) is 0 Å². The van der Waals surface area contributed by atoms with Gasteiger partial charge in [0.1, 0.15) is 0 Å². The number of rotatable bonds is 5. The van der Waals surface area contributed by atoms with E-state index in [4.69, 9.17) is 11.6 Å². The number of sulfonamides is 1. The van der Waals surface area contributed by atoms with Crippen LogP contribution in [0.5, 0.6) is 0 Å². The van der Waals surface area contributed by atoms with E-state index in [1.165, 1.54) is 12.3 Å². The molecule has 0 aliphatic rings. The van der Waals surface area contributed by atoms with Gasteiger partial charge in [-0.2, -0.15) is 0 Å². The molecule has 0 saturated carbocycles. The quantitative estimate of drug-likeness (QED) is 0.886. The van der Waals surface area contributed by atoms with Crippen molar-refractivity contribution in [1.82, 2.24) is 10.3 Å². The summed E-state index contributed by atoms with van der Waals surface area (Å²) < 4.78 is 27.2. The van der Waals surface area contributed by atoms with Crippen molar-refractivity contribution in [3.63, 3.8) is 0 Å². The number of nitrogens with one attached hydrogen (secondary N) is 2. The van der Waals surface area contributed by atoms with Gasteiger partial charge in [0, 0.05) is 12.2 Å². The molecule has 0 radical (unpaired) electrons. The van der Waals surface area contributed by atoms with Gasteiger partial charge in [-0.3, -0.25) is 4.72 Å². The molecule has 1 aromatic carbocycles. The van der Waals surface area contributed by atoms with Crippen LogP contribution in [-0.2, 0) is 10.0 Å². The van der Waals surface area contributed by atoms with Gasteiger partial charge in [-0.1, -0.05) is 23.7 Å². The van der Waals surface area contributed by atoms with Gasteiger partial charge in [0.2, 0.25) is 0 Å². The summed E-state index contributed by atoms with van der Waals surface area (Å²) in [6, 6.07) is 10.00. The van der Waals surface area contributed by atoms with E-state index >= 15 is 0 Å². The standard InChI is InChI=1S/C14H16ClN3O2S/c1-10(16-2)11-5-3-6-12(9-11)21(19,20)18-14-13(15)7-4-8-17-14/h3-10,16H,1-2H3,(H,17,18). The molecule has 1 atom stereocenters. The first-order valence-corrected chi connectivity index (χ1v) is 8.20. The van der Waals surface area contributed by atoms with Crippen LogP contribution in [0.25, 0.3) is 0 Å². The van der Waals surface area contributed by atoms with E-state index < -0.39 is 10.0 Å². The first-order valence-electron chi connectivity index (χ1n) is 6.34. The Hall–Kier alpha value is -1.63. The Kier molecular flexibility index (Phi) is 4.82. The van der Waals surface area contributed by atoms with E-state index in [0.717, 1.165) is 5.56 Å². The Morgan fingerprint density at radius 3 is 2.67 bits per heavy atom. The molecule has 0 saturated heterocycles. The van der Waals surface area contributed by atoms with Crippen molar-refractivity contribution in [1.29, 1.82) is 0 Å². The molecule has 1 heterocycles. The van der Waals surface area contributed by atoms with E-state index in [1.54, 1.807) is 24.3 Å². The summed E-state index contributed by atoms with van der Waals surface area (Å²) in [5.41, 5.74) is 0.882. The number of hydrogen-bond donors (Lipinski definition) is 2. The van der Waals surface area contributed by atoms with E-state index in [9.17, 15) is 8.42 Å². The lowest BCUT2D eigenvalue weighted by Crippen LogP contribution is -2.16. The van der Waals surface area contributed by atoms with Crippen molar-refractivity contribution in [2.24, 2.45) is 0 Å². The minimum atomic E-state index is -3.72. The van der Waals surface area contributed by atoms with E-state index in [0.29, 0.717) is 0 Å². The molecule has 1 aromatic heterocycles. The van der Waals surface area contributed by atoms with Gasteiger partial charge in [0.15, 0.2) is 5.82 Å². The smallest absolute Gasteiger partial charge is 0.263 e. The van der Waals surface area contributed by atoms with Crippen molar-refractivity contribution < 1.29 is 8.42 Å². The van der Waals surface area contributed by atoms with Gasteiger partial charge in [-0.15, -0.1) is 0 Å². The molecule has 5 nitrogen and oxygen atoms in total. The van der Waals surface area contributed by atoms with E-state index in [-0.39, 0.29) is 21.8 Å². The average molecular weight is 326 g/mol. The average Bonchev–Trinajstić information content (AvgIpc) is 2.49. The number of nitrogens with zero attached hydrogens (tertiary/aromatic N) is 1. The molecule has 21 heavy (non-hydrogen) atoms. The molecule has 0 aliphatic heterocycles. The summed E-state index contributed by atoms with van der Waals surface area (Å²) >= 11 is 5.92. The molecule has 2 N–H and O–H groups in total. The molecule has 0 bridgehead atoms. The fourth-order valence-electron chi connectivity index (χ4n) is 1.76. The van der Waals surface area contributed by atoms with Gasteiger partial charge in [0.25, 0.3) is 10.0 Å². The summed E-state index contributed by atoms with van der Waals surface area (Å²) in [6.45, 7) is 1.95. The Morgan fingerprint density at radius 1 is 1.24 bits per heavy atom. The zero-order valence-corrected chi connectivity index (χ0v) is 13.2. The van der Waals surface area contributed by atoms with Crippen molar-refractivity contribution >= 4 is 27.4 Å². The SMILES string of the molecule is CNC(C)c1cccc(S(=O)(=O)Nc2ncccc2Cl)c1. The van der Waals surface area contributed by atoms with Crippen molar-refractivity contribution in [3.05, 3.63) is 53.2 Å². The van der Waals surface area contributed by atoms with Gasteiger partial charge in [0.05, 0.1) is 9.92 Å². The van der Waals surface area contributed by atoms with Crippen LogP contribution in [0.1, 0.15) is 18.5 Å². The lowest BCUT2D eigenvalue weighted by atomic mass is 10.1. The number of aromatic nitrogens is 1. The number of hydrogen-bond acceptors (Lipinski definition) is 4. The fourth-order valence-corrected chi connectivity index (χ4v) is 3.07. The van der Waals surface area contributed by atoms with Crippen molar-refractivity contribution in [2.75, 3.05) is 11.8 Å². The minimum Gasteiger partial charge on any atom is -0.313 e. The molecule has 0 spiro atoms. The third-order valence-corrected chi connectivity index (χ3v) is 4.73. The molecule has 7 heteroatoms. The molecule has 112 valence electrons. The van der Waals surface area contributed by atoms with Crippen LogP contribution in [0.15, 0.2) is 47.5 Å². The topological polar surface area (TPSA) is 71.1 Å². The van der Waals surface area contributed by atoms with Crippen LogP contribution in [0.4, 0.5) is 5.82 Å². The van der Waals surface area contributed by atoms with Crippen molar-refractivity contribution in [2.45, 2.75) is 17.9 Å². The molecule has 1 unspecified atom stereocenters. The Morgan fingerprint density at radius 2 is 2.00 bits per heavy atom. The van der Waals surface area contributed by atoms with Crippen LogP contribution < -0.4 is 10.0 Å². The second-order valence-electron chi connectivity index (χ2n) is 4.52. The maximum Gasteiger partial charge on any atom is 0.263 e. The van der Waals surface area contributed by atoms with Gasteiger partial charge in [-0.25, -0.2) is 13.4 Å². The summed E-state index contributed by atoms with van der Waals surface area (Å²) in [4.78, 5) is 4.10. The van der Waals surface area contributed by atoms with Gasteiger partial charge in [-0.05, 0) is 43.8 Å². The Bertz CT molecular complexity index is 735.